The lowest BCUT2D eigenvalue weighted by Crippen LogP contribution is -2.26. The zero-order valence-corrected chi connectivity index (χ0v) is 9.17. The Morgan fingerprint density at radius 1 is 1.38 bits per heavy atom. The van der Waals surface area contributed by atoms with E-state index in [2.05, 4.69) is 0 Å². The molecule has 0 aliphatic rings. The highest BCUT2D eigenvalue weighted by molar-refractivity contribution is 6.43. The van der Waals surface area contributed by atoms with Crippen molar-refractivity contribution in [1.29, 1.82) is 0 Å². The highest BCUT2D eigenvalue weighted by Gasteiger charge is 2.28. The van der Waals surface area contributed by atoms with Gasteiger partial charge in [0.2, 0.25) is 0 Å². The van der Waals surface area contributed by atoms with Crippen LogP contribution < -0.4 is 0 Å². The molecule has 0 saturated heterocycles. The molecule has 0 aliphatic heterocycles. The first-order valence-corrected chi connectivity index (χ1v) is 5.21. The van der Waals surface area contributed by atoms with E-state index in [9.17, 15) is 14.8 Å². The molecule has 0 radical (unpaired) electrons. The average molecular weight is 222 g/mol. The van der Waals surface area contributed by atoms with Crippen LogP contribution in [0.1, 0.15) is 24.7 Å². The van der Waals surface area contributed by atoms with Crippen LogP contribution >= 0.6 is 0 Å². The predicted molar refractivity (Wildman–Crippen MR) is 60.6 cm³/mol. The minimum Gasteiger partial charge on any atom is -0.466 e. The molecule has 1 aromatic carbocycles. The van der Waals surface area contributed by atoms with Gasteiger partial charge in [-0.2, -0.15) is 0 Å². The highest BCUT2D eigenvalue weighted by Crippen LogP contribution is 2.20. The van der Waals surface area contributed by atoms with Gasteiger partial charge in [0.15, 0.2) is 0 Å². The van der Waals surface area contributed by atoms with Gasteiger partial charge in [-0.1, -0.05) is 30.3 Å². The van der Waals surface area contributed by atoms with E-state index in [0.29, 0.717) is 12.2 Å². The molecule has 0 saturated carbocycles. The maximum absolute atomic E-state index is 11.3. The molecule has 4 nitrogen and oxygen atoms in total. The molecule has 16 heavy (non-hydrogen) atoms. The Morgan fingerprint density at radius 3 is 2.50 bits per heavy atom. The van der Waals surface area contributed by atoms with E-state index >= 15 is 0 Å². The van der Waals surface area contributed by atoms with Gasteiger partial charge in [-0.25, -0.2) is 0 Å². The molecule has 0 aromatic heterocycles. The molecule has 0 heterocycles. The maximum Gasteiger partial charge on any atom is 0.460 e. The Kier molecular flexibility index (Phi) is 5.02. The first-order valence-electron chi connectivity index (χ1n) is 5.21. The van der Waals surface area contributed by atoms with Gasteiger partial charge in [0.25, 0.3) is 0 Å². The Balaban J connectivity index is 2.73. The number of benzene rings is 1. The molecular formula is C11H15BO4. The van der Waals surface area contributed by atoms with Crippen molar-refractivity contribution < 1.29 is 19.6 Å². The van der Waals surface area contributed by atoms with Gasteiger partial charge in [0.05, 0.1) is 13.0 Å². The summed E-state index contributed by atoms with van der Waals surface area (Å²) in [6, 6.07) is 8.91. The van der Waals surface area contributed by atoms with E-state index in [1.807, 2.05) is 6.07 Å². The molecule has 1 atom stereocenters. The van der Waals surface area contributed by atoms with Crippen LogP contribution in [0.4, 0.5) is 0 Å². The molecule has 86 valence electrons. The molecule has 2 N–H and O–H groups in total. The van der Waals surface area contributed by atoms with Crippen molar-refractivity contribution in [2.24, 2.45) is 0 Å². The van der Waals surface area contributed by atoms with Crippen molar-refractivity contribution >= 4 is 13.1 Å². The Morgan fingerprint density at radius 2 is 2.00 bits per heavy atom. The van der Waals surface area contributed by atoms with Crippen molar-refractivity contribution in [3.8, 4) is 0 Å². The second-order valence-corrected chi connectivity index (χ2v) is 3.44. The molecule has 0 bridgehead atoms. The lowest BCUT2D eigenvalue weighted by molar-refractivity contribution is -0.143. The van der Waals surface area contributed by atoms with Gasteiger partial charge in [0.1, 0.15) is 0 Å². The number of ether oxygens (including phenoxy) is 1. The van der Waals surface area contributed by atoms with Gasteiger partial charge in [-0.3, -0.25) is 4.79 Å². The van der Waals surface area contributed by atoms with E-state index in [-0.39, 0.29) is 6.42 Å². The monoisotopic (exact) mass is 222 g/mol. The smallest absolute Gasteiger partial charge is 0.460 e. The first-order chi connectivity index (χ1) is 7.65. The average Bonchev–Trinajstić information content (AvgIpc) is 2.27. The van der Waals surface area contributed by atoms with Crippen LogP contribution in [-0.2, 0) is 9.53 Å². The summed E-state index contributed by atoms with van der Waals surface area (Å²) in [6.07, 6.45) is -0.0322. The third kappa shape index (κ3) is 3.68. The first kappa shape index (κ1) is 12.7. The summed E-state index contributed by atoms with van der Waals surface area (Å²) in [6.45, 7) is 2.01. The molecule has 5 heteroatoms. The van der Waals surface area contributed by atoms with E-state index in [1.54, 1.807) is 31.2 Å². The molecular weight excluding hydrogens is 207 g/mol. The van der Waals surface area contributed by atoms with Crippen LogP contribution in [0.15, 0.2) is 30.3 Å². The summed E-state index contributed by atoms with van der Waals surface area (Å²) < 4.78 is 4.78. The summed E-state index contributed by atoms with van der Waals surface area (Å²) in [7, 11) is -1.56. The van der Waals surface area contributed by atoms with Crippen LogP contribution in [0.2, 0.25) is 0 Å². The van der Waals surface area contributed by atoms with Gasteiger partial charge >= 0.3 is 13.1 Å². The largest absolute Gasteiger partial charge is 0.466 e. The SMILES string of the molecule is CCOC(=O)CC(B(O)O)c1ccccc1. The van der Waals surface area contributed by atoms with Crippen LogP contribution in [-0.4, -0.2) is 29.7 Å². The lowest BCUT2D eigenvalue weighted by atomic mass is 9.67. The fourth-order valence-corrected chi connectivity index (χ4v) is 1.50. The molecule has 1 unspecified atom stereocenters. The lowest BCUT2D eigenvalue weighted by Gasteiger charge is -2.15. The molecule has 1 rings (SSSR count). The fourth-order valence-electron chi connectivity index (χ4n) is 1.50. The number of carbonyl (C=O) groups excluding carboxylic acids is 1. The summed E-state index contributed by atoms with van der Waals surface area (Å²) in [5, 5.41) is 18.5. The molecule has 0 amide bonds. The molecule has 0 aliphatic carbocycles. The maximum atomic E-state index is 11.3. The third-order valence-electron chi connectivity index (χ3n) is 2.28. The van der Waals surface area contributed by atoms with E-state index in [1.165, 1.54) is 0 Å². The molecule has 0 fully saturated rings. The van der Waals surface area contributed by atoms with Gasteiger partial charge in [-0.15, -0.1) is 0 Å². The second kappa shape index (κ2) is 6.30. The summed E-state index contributed by atoms with van der Waals surface area (Å²) >= 11 is 0. The number of hydrogen-bond donors (Lipinski definition) is 2. The van der Waals surface area contributed by atoms with Gasteiger partial charge in [0, 0.05) is 5.82 Å². The van der Waals surface area contributed by atoms with Crippen molar-refractivity contribution in [2.45, 2.75) is 19.2 Å². The van der Waals surface area contributed by atoms with Crippen LogP contribution in [0.25, 0.3) is 0 Å². The van der Waals surface area contributed by atoms with Crippen LogP contribution in [0.3, 0.4) is 0 Å². The Bertz CT molecular complexity index is 326. The quantitative estimate of drug-likeness (QED) is 0.569. The van der Waals surface area contributed by atoms with Gasteiger partial charge < -0.3 is 14.8 Å². The fraction of sp³-hybridized carbons (Fsp3) is 0.364. The second-order valence-electron chi connectivity index (χ2n) is 3.44. The van der Waals surface area contributed by atoms with Crippen molar-refractivity contribution in [3.63, 3.8) is 0 Å². The minimum atomic E-state index is -1.56. The van der Waals surface area contributed by atoms with Crippen LogP contribution in [0, 0.1) is 0 Å². The van der Waals surface area contributed by atoms with Crippen molar-refractivity contribution in [3.05, 3.63) is 35.9 Å². The van der Waals surface area contributed by atoms with E-state index in [0.717, 1.165) is 0 Å². The van der Waals surface area contributed by atoms with Gasteiger partial charge in [-0.05, 0) is 12.5 Å². The zero-order valence-electron chi connectivity index (χ0n) is 9.17. The standard InChI is InChI=1S/C11H15BO4/c1-2-16-11(13)8-10(12(14)15)9-6-4-3-5-7-9/h3-7,10,14-15H,2,8H2,1H3. The van der Waals surface area contributed by atoms with Crippen molar-refractivity contribution in [1.82, 2.24) is 0 Å². The third-order valence-corrected chi connectivity index (χ3v) is 2.28. The molecule has 0 spiro atoms. The highest BCUT2D eigenvalue weighted by atomic mass is 16.5. The number of rotatable bonds is 5. The predicted octanol–water partition coefficient (Wildman–Crippen LogP) is 0.735. The molecule has 1 aromatic rings. The zero-order chi connectivity index (χ0) is 12.0. The van der Waals surface area contributed by atoms with Crippen molar-refractivity contribution in [2.75, 3.05) is 6.61 Å². The Labute approximate surface area is 95.0 Å². The number of carbonyl (C=O) groups is 1. The van der Waals surface area contributed by atoms with E-state index < -0.39 is 18.9 Å². The Hall–Kier alpha value is -1.33. The van der Waals surface area contributed by atoms with E-state index in [4.69, 9.17) is 4.74 Å². The topological polar surface area (TPSA) is 66.8 Å². The summed E-state index contributed by atoms with van der Waals surface area (Å²) in [5.74, 6) is -1.07. The number of esters is 1. The minimum absolute atomic E-state index is 0.0322. The normalized spacial score (nSPS) is 11.9. The summed E-state index contributed by atoms with van der Waals surface area (Å²) in [4.78, 5) is 11.3. The number of hydrogen-bond acceptors (Lipinski definition) is 4. The van der Waals surface area contributed by atoms with Crippen LogP contribution in [0.5, 0.6) is 0 Å². The summed E-state index contributed by atoms with van der Waals surface area (Å²) in [5.41, 5.74) is 0.713.